The molecule has 1 aromatic heterocycles. The van der Waals surface area contributed by atoms with Gasteiger partial charge in [-0.2, -0.15) is 18.3 Å². The van der Waals surface area contributed by atoms with Crippen LogP contribution < -0.4 is 10.6 Å². The Labute approximate surface area is 200 Å². The van der Waals surface area contributed by atoms with Crippen LogP contribution in [0, 0.1) is 19.3 Å². The third-order valence-corrected chi connectivity index (χ3v) is 7.21. The standard InChI is InChI=1S/C26H25F3N4O2/c1-14-20(15(2)33-32-14)16-7-9-18(10-8-16)30-23(34)22(31-24(35)26(27,28)29)21-19-6-4-3-5-17(19)13-25(21)11-12-25/h3-10,21-22H,11-13H2,1-2H3,(H,30,34)(H,31,35)(H,32,33)/t21?,22-/m0/s1. The highest BCUT2D eigenvalue weighted by Crippen LogP contribution is 2.64. The van der Waals surface area contributed by atoms with Gasteiger partial charge >= 0.3 is 12.1 Å². The molecule has 1 heterocycles. The van der Waals surface area contributed by atoms with Crippen molar-refractivity contribution in [1.82, 2.24) is 15.5 Å². The SMILES string of the molecule is Cc1n[nH]c(C)c1-c1ccc(NC(=O)[C@@H](NC(=O)C(F)(F)F)C2c3ccccc3CC23CC3)cc1. The molecule has 2 aromatic carbocycles. The van der Waals surface area contributed by atoms with Crippen molar-refractivity contribution in [2.75, 3.05) is 5.32 Å². The number of aromatic amines is 1. The quantitative estimate of drug-likeness (QED) is 0.488. The number of rotatable bonds is 5. The van der Waals surface area contributed by atoms with Crippen molar-refractivity contribution in [1.29, 1.82) is 0 Å². The lowest BCUT2D eigenvalue weighted by Crippen LogP contribution is -2.52. The Morgan fingerprint density at radius 3 is 2.37 bits per heavy atom. The molecule has 0 bridgehead atoms. The molecule has 6 nitrogen and oxygen atoms in total. The number of halogens is 3. The molecule has 2 aliphatic carbocycles. The van der Waals surface area contributed by atoms with Crippen LogP contribution in [0.1, 0.15) is 41.3 Å². The lowest BCUT2D eigenvalue weighted by molar-refractivity contribution is -0.175. The number of H-pyrrole nitrogens is 1. The Morgan fingerprint density at radius 2 is 1.77 bits per heavy atom. The Bertz CT molecular complexity index is 1270. The van der Waals surface area contributed by atoms with Gasteiger partial charge in [-0.3, -0.25) is 14.7 Å². The van der Waals surface area contributed by atoms with Gasteiger partial charge in [0.1, 0.15) is 6.04 Å². The van der Waals surface area contributed by atoms with Gasteiger partial charge in [0.2, 0.25) is 5.91 Å². The summed E-state index contributed by atoms with van der Waals surface area (Å²) in [6.07, 6.45) is -2.79. The van der Waals surface area contributed by atoms with Gasteiger partial charge in [-0.25, -0.2) is 0 Å². The lowest BCUT2D eigenvalue weighted by Gasteiger charge is -2.30. The number of nitrogens with zero attached hydrogens (tertiary/aromatic N) is 1. The topological polar surface area (TPSA) is 86.9 Å². The highest BCUT2D eigenvalue weighted by atomic mass is 19.4. The van der Waals surface area contributed by atoms with E-state index in [0.717, 1.165) is 46.5 Å². The Hall–Kier alpha value is -3.62. The summed E-state index contributed by atoms with van der Waals surface area (Å²) in [5.74, 6) is -3.31. The number of fused-ring (bicyclic) bond motifs is 1. The predicted molar refractivity (Wildman–Crippen MR) is 125 cm³/mol. The van der Waals surface area contributed by atoms with Crippen molar-refractivity contribution < 1.29 is 22.8 Å². The van der Waals surface area contributed by atoms with Crippen molar-refractivity contribution in [2.24, 2.45) is 5.41 Å². The monoisotopic (exact) mass is 482 g/mol. The number of alkyl halides is 3. The summed E-state index contributed by atoms with van der Waals surface area (Å²) in [6.45, 7) is 3.79. The Kier molecular flexibility index (Phi) is 5.45. The summed E-state index contributed by atoms with van der Waals surface area (Å²) in [5, 5.41) is 11.9. The minimum Gasteiger partial charge on any atom is -0.336 e. The number of aryl methyl sites for hydroxylation is 2. The van der Waals surface area contributed by atoms with Gasteiger partial charge in [0.15, 0.2) is 0 Å². The molecule has 0 aliphatic heterocycles. The number of hydrogen-bond donors (Lipinski definition) is 3. The second-order valence-electron chi connectivity index (χ2n) is 9.54. The predicted octanol–water partition coefficient (Wildman–Crippen LogP) is 4.80. The first-order valence-corrected chi connectivity index (χ1v) is 11.5. The fourth-order valence-electron chi connectivity index (χ4n) is 5.44. The molecular formula is C26H25F3N4O2. The van der Waals surface area contributed by atoms with Crippen LogP contribution >= 0.6 is 0 Å². The van der Waals surface area contributed by atoms with E-state index < -0.39 is 30.0 Å². The lowest BCUT2D eigenvalue weighted by atomic mass is 9.82. The average Bonchev–Trinajstić information content (AvgIpc) is 3.39. The average molecular weight is 483 g/mol. The third kappa shape index (κ3) is 4.19. The molecule has 5 rings (SSSR count). The van der Waals surface area contributed by atoms with Gasteiger partial charge in [-0.1, -0.05) is 36.4 Å². The Balaban J connectivity index is 1.43. The second-order valence-corrected chi connectivity index (χ2v) is 9.54. The summed E-state index contributed by atoms with van der Waals surface area (Å²) in [5.41, 5.74) is 5.57. The van der Waals surface area contributed by atoms with Crippen LogP contribution in [-0.2, 0) is 16.0 Å². The van der Waals surface area contributed by atoms with Crippen LogP contribution in [0.5, 0.6) is 0 Å². The molecule has 2 atom stereocenters. The van der Waals surface area contributed by atoms with Gasteiger partial charge in [0.25, 0.3) is 0 Å². The zero-order chi connectivity index (χ0) is 25.0. The van der Waals surface area contributed by atoms with E-state index in [9.17, 15) is 22.8 Å². The second kappa shape index (κ2) is 8.25. The van der Waals surface area contributed by atoms with Gasteiger partial charge in [0.05, 0.1) is 5.69 Å². The van der Waals surface area contributed by atoms with Gasteiger partial charge in [-0.15, -0.1) is 0 Å². The van der Waals surface area contributed by atoms with E-state index in [4.69, 9.17) is 0 Å². The minimum absolute atomic E-state index is 0.301. The van der Waals surface area contributed by atoms with Gasteiger partial charge in [0, 0.05) is 22.9 Å². The van der Waals surface area contributed by atoms with E-state index in [1.807, 2.05) is 55.6 Å². The number of amides is 2. The molecule has 1 fully saturated rings. The molecule has 2 amide bonds. The molecule has 182 valence electrons. The molecule has 35 heavy (non-hydrogen) atoms. The van der Waals surface area contributed by atoms with Crippen LogP contribution in [-0.4, -0.2) is 34.2 Å². The third-order valence-electron chi connectivity index (χ3n) is 7.21. The number of aromatic nitrogens is 2. The largest absolute Gasteiger partial charge is 0.471 e. The molecule has 0 radical (unpaired) electrons. The number of hydrogen-bond acceptors (Lipinski definition) is 3. The van der Waals surface area contributed by atoms with Crippen LogP contribution in [0.4, 0.5) is 18.9 Å². The summed E-state index contributed by atoms with van der Waals surface area (Å²) in [4.78, 5) is 25.3. The number of anilines is 1. The maximum atomic E-state index is 13.4. The van der Waals surface area contributed by atoms with Gasteiger partial charge < -0.3 is 10.6 Å². The number of carbonyl (C=O) groups excluding carboxylic acids is 2. The van der Waals surface area contributed by atoms with Gasteiger partial charge in [-0.05, 0) is 67.3 Å². The van der Waals surface area contributed by atoms with E-state index in [2.05, 4.69) is 15.5 Å². The van der Waals surface area contributed by atoms with E-state index in [1.54, 1.807) is 12.1 Å². The first kappa shape index (κ1) is 23.1. The van der Waals surface area contributed by atoms with Crippen LogP contribution in [0.3, 0.4) is 0 Å². The van der Waals surface area contributed by atoms with Crippen LogP contribution in [0.25, 0.3) is 11.1 Å². The number of benzene rings is 2. The van der Waals surface area contributed by atoms with Crippen molar-refractivity contribution >= 4 is 17.5 Å². The van der Waals surface area contributed by atoms with E-state index in [-0.39, 0.29) is 5.41 Å². The van der Waals surface area contributed by atoms with Crippen LogP contribution in [0.2, 0.25) is 0 Å². The molecule has 3 aromatic rings. The number of nitrogens with one attached hydrogen (secondary N) is 3. The van der Waals surface area contributed by atoms with Crippen molar-refractivity contribution in [2.45, 2.75) is 51.2 Å². The highest BCUT2D eigenvalue weighted by Gasteiger charge is 2.59. The molecular weight excluding hydrogens is 457 g/mol. The molecule has 3 N–H and O–H groups in total. The maximum absolute atomic E-state index is 13.4. The molecule has 0 saturated heterocycles. The van der Waals surface area contributed by atoms with Crippen molar-refractivity contribution in [3.05, 3.63) is 71.0 Å². The molecule has 2 aliphatic rings. The first-order chi connectivity index (χ1) is 16.6. The highest BCUT2D eigenvalue weighted by molar-refractivity contribution is 5.99. The fraction of sp³-hybridized carbons (Fsp3) is 0.346. The van der Waals surface area contributed by atoms with E-state index in [1.165, 1.54) is 0 Å². The van der Waals surface area contributed by atoms with Crippen LogP contribution in [0.15, 0.2) is 48.5 Å². The Morgan fingerprint density at radius 1 is 1.09 bits per heavy atom. The fourth-order valence-corrected chi connectivity index (χ4v) is 5.44. The number of carbonyl (C=O) groups is 2. The molecule has 1 spiro atoms. The van der Waals surface area contributed by atoms with E-state index >= 15 is 0 Å². The first-order valence-electron chi connectivity index (χ1n) is 11.5. The van der Waals surface area contributed by atoms with Crippen molar-refractivity contribution in [3.63, 3.8) is 0 Å². The summed E-state index contributed by atoms with van der Waals surface area (Å²) in [6, 6.07) is 13.1. The minimum atomic E-state index is -5.09. The zero-order valence-electron chi connectivity index (χ0n) is 19.3. The maximum Gasteiger partial charge on any atom is 0.471 e. The summed E-state index contributed by atoms with van der Waals surface area (Å²) >= 11 is 0. The smallest absolute Gasteiger partial charge is 0.336 e. The molecule has 9 heteroatoms. The van der Waals surface area contributed by atoms with E-state index in [0.29, 0.717) is 12.1 Å². The normalized spacial score (nSPS) is 18.7. The summed E-state index contributed by atoms with van der Waals surface area (Å²) < 4.78 is 39.6. The molecule has 1 saturated carbocycles. The van der Waals surface area contributed by atoms with Crippen molar-refractivity contribution in [3.8, 4) is 11.1 Å². The summed E-state index contributed by atoms with van der Waals surface area (Å²) in [7, 11) is 0. The zero-order valence-corrected chi connectivity index (χ0v) is 19.3. The molecule has 1 unspecified atom stereocenters.